The average molecular weight is 423 g/mol. The van der Waals surface area contributed by atoms with Gasteiger partial charge in [-0.05, 0) is 50.1 Å². The van der Waals surface area contributed by atoms with Crippen molar-refractivity contribution < 1.29 is 17.9 Å². The van der Waals surface area contributed by atoms with Crippen LogP contribution in [0, 0.1) is 5.92 Å². The lowest BCUT2D eigenvalue weighted by Crippen LogP contribution is -2.42. The molecule has 150 valence electrons. The lowest BCUT2D eigenvalue weighted by molar-refractivity contribution is -0.120. The molecule has 8 heteroatoms. The maximum atomic E-state index is 12.7. The van der Waals surface area contributed by atoms with E-state index in [9.17, 15) is 13.2 Å². The van der Waals surface area contributed by atoms with Crippen LogP contribution in [0.1, 0.15) is 19.8 Å². The average Bonchev–Trinajstić information content (AvgIpc) is 2.71. The van der Waals surface area contributed by atoms with Crippen LogP contribution in [0.15, 0.2) is 48.5 Å². The monoisotopic (exact) mass is 422 g/mol. The molecule has 0 radical (unpaired) electrons. The Morgan fingerprint density at radius 3 is 2.50 bits per heavy atom. The van der Waals surface area contributed by atoms with E-state index < -0.39 is 10.0 Å². The molecule has 2 aromatic carbocycles. The molecule has 1 heterocycles. The van der Waals surface area contributed by atoms with E-state index in [1.54, 1.807) is 25.1 Å². The quantitative estimate of drug-likeness (QED) is 0.759. The molecule has 28 heavy (non-hydrogen) atoms. The van der Waals surface area contributed by atoms with Crippen molar-refractivity contribution in [2.24, 2.45) is 5.92 Å². The predicted molar refractivity (Wildman–Crippen MR) is 110 cm³/mol. The number of sulfonamides is 1. The molecular weight excluding hydrogens is 400 g/mol. The number of benzene rings is 2. The number of hydrogen-bond donors (Lipinski definition) is 1. The molecule has 1 amide bonds. The van der Waals surface area contributed by atoms with Gasteiger partial charge in [-0.15, -0.1) is 0 Å². The molecule has 0 unspecified atom stereocenters. The van der Waals surface area contributed by atoms with E-state index >= 15 is 0 Å². The summed E-state index contributed by atoms with van der Waals surface area (Å²) in [4.78, 5) is 12.7. The smallest absolute Gasteiger partial charge is 0.227 e. The normalized spacial score (nSPS) is 15.9. The van der Waals surface area contributed by atoms with Crippen LogP contribution < -0.4 is 10.1 Å². The molecule has 0 saturated carbocycles. The third-order valence-electron chi connectivity index (χ3n) is 4.75. The maximum absolute atomic E-state index is 12.7. The number of carbonyl (C=O) groups is 1. The summed E-state index contributed by atoms with van der Waals surface area (Å²) in [7, 11) is -3.21. The second kappa shape index (κ2) is 8.94. The number of piperidine rings is 1. The summed E-state index contributed by atoms with van der Waals surface area (Å²) in [6.45, 7) is 2.34. The minimum Gasteiger partial charge on any atom is -0.455 e. The zero-order chi connectivity index (χ0) is 20.1. The van der Waals surface area contributed by atoms with Gasteiger partial charge in [0.2, 0.25) is 15.9 Å². The first kappa shape index (κ1) is 20.6. The van der Waals surface area contributed by atoms with E-state index in [4.69, 9.17) is 16.3 Å². The van der Waals surface area contributed by atoms with Gasteiger partial charge >= 0.3 is 0 Å². The van der Waals surface area contributed by atoms with Crippen molar-refractivity contribution in [1.82, 2.24) is 4.31 Å². The molecule has 0 spiro atoms. The number of halogens is 1. The Bertz CT molecular complexity index is 926. The largest absolute Gasteiger partial charge is 0.455 e. The fraction of sp³-hybridized carbons (Fsp3) is 0.350. The molecule has 6 nitrogen and oxygen atoms in total. The molecule has 1 aliphatic heterocycles. The number of hydrogen-bond acceptors (Lipinski definition) is 4. The summed E-state index contributed by atoms with van der Waals surface area (Å²) >= 11 is 6.09. The van der Waals surface area contributed by atoms with E-state index in [0.717, 1.165) is 0 Å². The number of para-hydroxylation sites is 1. The fourth-order valence-electron chi connectivity index (χ4n) is 3.12. The van der Waals surface area contributed by atoms with Gasteiger partial charge in [0.05, 0.1) is 11.4 Å². The summed E-state index contributed by atoms with van der Waals surface area (Å²) in [5.41, 5.74) is 0.491. The molecule has 2 aromatic rings. The van der Waals surface area contributed by atoms with E-state index in [0.29, 0.717) is 48.1 Å². The molecular formula is C20H23ClN2O4S. The van der Waals surface area contributed by atoms with Crippen molar-refractivity contribution in [2.45, 2.75) is 19.8 Å². The van der Waals surface area contributed by atoms with Crippen LogP contribution >= 0.6 is 11.6 Å². The Balaban J connectivity index is 1.68. The van der Waals surface area contributed by atoms with Gasteiger partial charge in [0.25, 0.3) is 0 Å². The minimum atomic E-state index is -3.21. The highest BCUT2D eigenvalue weighted by Crippen LogP contribution is 2.33. The topological polar surface area (TPSA) is 75.7 Å². The third-order valence-corrected chi connectivity index (χ3v) is 6.87. The van der Waals surface area contributed by atoms with Crippen LogP contribution in [0.25, 0.3) is 0 Å². The predicted octanol–water partition coefficient (Wildman–Crippen LogP) is 4.13. The lowest BCUT2D eigenvalue weighted by Gasteiger charge is -2.30. The van der Waals surface area contributed by atoms with E-state index in [2.05, 4.69) is 5.32 Å². The first-order chi connectivity index (χ1) is 13.4. The Morgan fingerprint density at radius 2 is 1.86 bits per heavy atom. The van der Waals surface area contributed by atoms with Crippen molar-refractivity contribution in [1.29, 1.82) is 0 Å². The molecule has 0 bridgehead atoms. The van der Waals surface area contributed by atoms with Crippen molar-refractivity contribution in [3.8, 4) is 11.5 Å². The summed E-state index contributed by atoms with van der Waals surface area (Å²) < 4.78 is 31.3. The Labute approximate surface area is 170 Å². The maximum Gasteiger partial charge on any atom is 0.227 e. The van der Waals surface area contributed by atoms with Gasteiger partial charge in [0, 0.05) is 24.0 Å². The van der Waals surface area contributed by atoms with Crippen LogP contribution in [0.3, 0.4) is 0 Å². The van der Waals surface area contributed by atoms with Gasteiger partial charge in [0.1, 0.15) is 5.75 Å². The zero-order valence-corrected chi connectivity index (χ0v) is 17.2. The van der Waals surface area contributed by atoms with E-state index in [1.165, 1.54) is 4.31 Å². The van der Waals surface area contributed by atoms with Crippen molar-refractivity contribution >= 4 is 33.2 Å². The number of nitrogens with zero attached hydrogens (tertiary/aromatic N) is 1. The minimum absolute atomic E-state index is 0.0760. The summed E-state index contributed by atoms with van der Waals surface area (Å²) in [5, 5.41) is 3.38. The third kappa shape index (κ3) is 5.04. The zero-order valence-electron chi connectivity index (χ0n) is 15.6. The molecule has 0 atom stereocenters. The number of carbonyl (C=O) groups excluding carboxylic acids is 1. The number of rotatable bonds is 6. The Kier molecular flexibility index (Phi) is 6.59. The van der Waals surface area contributed by atoms with Crippen LogP contribution in [0.5, 0.6) is 11.5 Å². The van der Waals surface area contributed by atoms with Gasteiger partial charge in [-0.1, -0.05) is 29.8 Å². The summed E-state index contributed by atoms with van der Waals surface area (Å²) in [5.74, 6) is 0.806. The van der Waals surface area contributed by atoms with Gasteiger partial charge in [-0.25, -0.2) is 12.7 Å². The lowest BCUT2D eigenvalue weighted by atomic mass is 9.97. The highest BCUT2D eigenvalue weighted by molar-refractivity contribution is 7.89. The second-order valence-electron chi connectivity index (χ2n) is 6.62. The molecule has 0 aromatic heterocycles. The van der Waals surface area contributed by atoms with Crippen LogP contribution in [0.4, 0.5) is 5.69 Å². The van der Waals surface area contributed by atoms with Crippen molar-refractivity contribution in [2.75, 3.05) is 24.2 Å². The first-order valence-corrected chi connectivity index (χ1v) is 11.2. The molecule has 1 fully saturated rings. The van der Waals surface area contributed by atoms with E-state index in [1.807, 2.05) is 30.3 Å². The Morgan fingerprint density at radius 1 is 1.18 bits per heavy atom. The number of amides is 1. The molecule has 1 N–H and O–H groups in total. The first-order valence-electron chi connectivity index (χ1n) is 9.20. The van der Waals surface area contributed by atoms with Crippen LogP contribution in [0.2, 0.25) is 5.02 Å². The molecule has 3 rings (SSSR count). The number of ether oxygens (including phenoxy) is 1. The van der Waals surface area contributed by atoms with Crippen LogP contribution in [-0.2, 0) is 14.8 Å². The standard InChI is InChI=1S/C20H23ClN2O4S/c1-2-28(25,26)23-12-10-15(11-13-23)20(24)22-18-14-16(21)8-9-19(18)27-17-6-4-3-5-7-17/h3-9,14-15H,2,10-13H2,1H3,(H,22,24). The Hall–Kier alpha value is -2.09. The van der Waals surface area contributed by atoms with Crippen LogP contribution in [-0.4, -0.2) is 37.5 Å². The van der Waals surface area contributed by atoms with Crippen molar-refractivity contribution in [3.63, 3.8) is 0 Å². The summed E-state index contributed by atoms with van der Waals surface area (Å²) in [6.07, 6.45) is 0.973. The van der Waals surface area contributed by atoms with Gasteiger partial charge in [0.15, 0.2) is 5.75 Å². The van der Waals surface area contributed by atoms with Gasteiger partial charge < -0.3 is 10.1 Å². The van der Waals surface area contributed by atoms with Crippen molar-refractivity contribution in [3.05, 3.63) is 53.6 Å². The highest BCUT2D eigenvalue weighted by atomic mass is 35.5. The molecule has 1 aliphatic rings. The van der Waals surface area contributed by atoms with Gasteiger partial charge in [-0.3, -0.25) is 4.79 Å². The second-order valence-corrected chi connectivity index (χ2v) is 9.31. The van der Waals surface area contributed by atoms with Gasteiger partial charge in [-0.2, -0.15) is 0 Å². The number of nitrogens with one attached hydrogen (secondary N) is 1. The number of anilines is 1. The summed E-state index contributed by atoms with van der Waals surface area (Å²) in [6, 6.07) is 14.3. The SMILES string of the molecule is CCS(=O)(=O)N1CCC(C(=O)Nc2cc(Cl)ccc2Oc2ccccc2)CC1. The van der Waals surface area contributed by atoms with E-state index in [-0.39, 0.29) is 17.6 Å². The fourth-order valence-corrected chi connectivity index (χ4v) is 4.42. The molecule has 0 aliphatic carbocycles. The molecule has 1 saturated heterocycles. The highest BCUT2D eigenvalue weighted by Gasteiger charge is 2.30.